The van der Waals surface area contributed by atoms with Gasteiger partial charge in [-0.25, -0.2) is 0 Å². The lowest BCUT2D eigenvalue weighted by atomic mass is 9.66. The largest absolute Gasteiger partial charge is 0.300 e. The molecule has 0 aromatic heterocycles. The number of fused-ring (bicyclic) bond motifs is 1. The van der Waals surface area contributed by atoms with Gasteiger partial charge in [-0.2, -0.15) is 0 Å². The standard InChI is InChI=1S/C46H62O3/c1-10-38(30(3)4)41(39(11-2)43(48)25-32(6)47)26-36-27-42-40(24-15-31(5)45(42)44(49)28-36)37-22-20-34(21-23-37)14-12-13-33-16-18-35(19-17-33)29-46(7,8)9/h15-24,30,36,38-39,41H,10-14,25-29H2,1-9H3. The maximum Gasteiger partial charge on any atom is 0.163 e. The number of rotatable bonds is 16. The highest BCUT2D eigenvalue weighted by molar-refractivity contribution is 6.02. The number of aryl methyl sites for hydroxylation is 3. The Labute approximate surface area is 297 Å². The summed E-state index contributed by atoms with van der Waals surface area (Å²) in [5, 5.41) is 0. The molecule has 3 aromatic rings. The molecule has 264 valence electrons. The molecule has 0 bridgehead atoms. The minimum atomic E-state index is -0.148. The van der Waals surface area contributed by atoms with Gasteiger partial charge in [-0.1, -0.05) is 116 Å². The summed E-state index contributed by atoms with van der Waals surface area (Å²) in [6.45, 7) is 19.2. The molecule has 0 aliphatic heterocycles. The van der Waals surface area contributed by atoms with Crippen LogP contribution in [0.2, 0.25) is 0 Å². The van der Waals surface area contributed by atoms with Crippen LogP contribution in [-0.2, 0) is 35.3 Å². The van der Waals surface area contributed by atoms with Crippen molar-refractivity contribution in [2.24, 2.45) is 35.0 Å². The molecule has 3 aromatic carbocycles. The molecule has 0 saturated heterocycles. The molecule has 1 aliphatic carbocycles. The molecule has 0 radical (unpaired) electrons. The Morgan fingerprint density at radius 2 is 1.39 bits per heavy atom. The molecule has 49 heavy (non-hydrogen) atoms. The highest BCUT2D eigenvalue weighted by atomic mass is 16.1. The Balaban J connectivity index is 1.51. The van der Waals surface area contributed by atoms with E-state index in [0.717, 1.165) is 73.6 Å². The van der Waals surface area contributed by atoms with E-state index in [-0.39, 0.29) is 41.5 Å². The molecule has 0 amide bonds. The van der Waals surface area contributed by atoms with Crippen LogP contribution in [0.5, 0.6) is 0 Å². The molecule has 1 aliphatic rings. The summed E-state index contributed by atoms with van der Waals surface area (Å²) in [5.41, 5.74) is 9.89. The zero-order chi connectivity index (χ0) is 35.9. The maximum absolute atomic E-state index is 13.8. The fourth-order valence-corrected chi connectivity index (χ4v) is 8.75. The van der Waals surface area contributed by atoms with E-state index in [4.69, 9.17) is 0 Å². The third-order valence-corrected chi connectivity index (χ3v) is 11.0. The Morgan fingerprint density at radius 3 is 1.92 bits per heavy atom. The van der Waals surface area contributed by atoms with Crippen molar-refractivity contribution < 1.29 is 14.4 Å². The van der Waals surface area contributed by atoms with Gasteiger partial charge in [0.2, 0.25) is 0 Å². The molecule has 0 heterocycles. The first kappa shape index (κ1) is 38.5. The number of ketones is 3. The van der Waals surface area contributed by atoms with Crippen LogP contribution in [0, 0.1) is 41.9 Å². The van der Waals surface area contributed by atoms with E-state index in [1.54, 1.807) is 0 Å². The molecule has 0 N–H and O–H groups in total. The minimum Gasteiger partial charge on any atom is -0.300 e. The van der Waals surface area contributed by atoms with Crippen molar-refractivity contribution in [1.29, 1.82) is 0 Å². The Hall–Kier alpha value is -3.33. The second-order valence-corrected chi connectivity index (χ2v) is 16.7. The molecule has 4 rings (SSSR count). The lowest BCUT2D eigenvalue weighted by Gasteiger charge is -2.38. The van der Waals surface area contributed by atoms with Gasteiger partial charge < -0.3 is 0 Å². The van der Waals surface area contributed by atoms with Gasteiger partial charge in [-0.15, -0.1) is 0 Å². The van der Waals surface area contributed by atoms with Crippen molar-refractivity contribution in [3.8, 4) is 11.1 Å². The number of hydrogen-bond donors (Lipinski definition) is 0. The van der Waals surface area contributed by atoms with E-state index < -0.39 is 0 Å². The summed E-state index contributed by atoms with van der Waals surface area (Å²) in [6, 6.07) is 22.4. The van der Waals surface area contributed by atoms with Gasteiger partial charge in [-0.3, -0.25) is 14.4 Å². The van der Waals surface area contributed by atoms with Crippen molar-refractivity contribution in [2.75, 3.05) is 0 Å². The van der Waals surface area contributed by atoms with Gasteiger partial charge in [0, 0.05) is 17.9 Å². The minimum absolute atomic E-state index is 0.0140. The summed E-state index contributed by atoms with van der Waals surface area (Å²) in [4.78, 5) is 39.2. The molecule has 3 heteroatoms. The monoisotopic (exact) mass is 662 g/mol. The second kappa shape index (κ2) is 17.1. The number of benzene rings is 3. The number of carbonyl (C=O) groups excluding carboxylic acids is 3. The van der Waals surface area contributed by atoms with Crippen molar-refractivity contribution in [3.05, 3.63) is 94.0 Å². The van der Waals surface area contributed by atoms with Gasteiger partial charge in [0.05, 0.1) is 6.42 Å². The summed E-state index contributed by atoms with van der Waals surface area (Å²) >= 11 is 0. The maximum atomic E-state index is 13.8. The topological polar surface area (TPSA) is 51.2 Å². The van der Waals surface area contributed by atoms with Crippen LogP contribution in [0.15, 0.2) is 60.7 Å². The second-order valence-electron chi connectivity index (χ2n) is 16.7. The number of Topliss-reactive ketones (excluding diaryl/α,β-unsaturated/α-hetero) is 3. The lowest BCUT2D eigenvalue weighted by molar-refractivity contribution is -0.130. The molecule has 4 unspecified atom stereocenters. The third kappa shape index (κ3) is 10.3. The van der Waals surface area contributed by atoms with Crippen molar-refractivity contribution in [3.63, 3.8) is 0 Å². The van der Waals surface area contributed by atoms with E-state index >= 15 is 0 Å². The van der Waals surface area contributed by atoms with Gasteiger partial charge in [-0.05, 0) is 127 Å². The smallest absolute Gasteiger partial charge is 0.163 e. The highest BCUT2D eigenvalue weighted by Crippen LogP contribution is 2.43. The highest BCUT2D eigenvalue weighted by Gasteiger charge is 2.38. The molecule has 0 fully saturated rings. The molecular weight excluding hydrogens is 601 g/mol. The van der Waals surface area contributed by atoms with Crippen molar-refractivity contribution >= 4 is 17.3 Å². The van der Waals surface area contributed by atoms with Gasteiger partial charge >= 0.3 is 0 Å². The van der Waals surface area contributed by atoms with Crippen LogP contribution in [-0.4, -0.2) is 17.3 Å². The fourth-order valence-electron chi connectivity index (χ4n) is 8.75. The average molecular weight is 663 g/mol. The first-order valence-electron chi connectivity index (χ1n) is 19.1. The SMILES string of the molecule is CCC(C(=O)CC(C)=O)C(CC1CC(=O)c2c(C)ccc(-c3ccc(CCCc4ccc(CC(C)(C)C)cc4)cc3)c2C1)C(CC)C(C)C. The Bertz CT molecular complexity index is 1570. The third-order valence-electron chi connectivity index (χ3n) is 11.0. The Morgan fingerprint density at radius 1 is 0.796 bits per heavy atom. The van der Waals surface area contributed by atoms with Crippen molar-refractivity contribution in [2.45, 2.75) is 127 Å². The number of carbonyl (C=O) groups is 3. The summed E-state index contributed by atoms with van der Waals surface area (Å²) < 4.78 is 0. The van der Waals surface area contributed by atoms with E-state index in [1.165, 1.54) is 29.2 Å². The summed E-state index contributed by atoms with van der Waals surface area (Å²) in [6.07, 6.45) is 8.26. The molecule has 0 spiro atoms. The average Bonchev–Trinajstić information content (AvgIpc) is 3.02. The van der Waals surface area contributed by atoms with E-state index in [1.807, 2.05) is 0 Å². The quantitative estimate of drug-likeness (QED) is 0.143. The molecule has 0 saturated carbocycles. The normalized spacial score (nSPS) is 16.7. The van der Waals surface area contributed by atoms with Crippen LogP contribution in [0.4, 0.5) is 0 Å². The summed E-state index contributed by atoms with van der Waals surface area (Å²) in [7, 11) is 0. The first-order valence-corrected chi connectivity index (χ1v) is 19.1. The number of hydrogen-bond acceptors (Lipinski definition) is 3. The Kier molecular flexibility index (Phi) is 13.4. The van der Waals surface area contributed by atoms with Gasteiger partial charge in [0.25, 0.3) is 0 Å². The van der Waals surface area contributed by atoms with E-state index in [9.17, 15) is 14.4 Å². The first-order chi connectivity index (χ1) is 23.2. The van der Waals surface area contributed by atoms with Crippen molar-refractivity contribution in [1.82, 2.24) is 0 Å². The van der Waals surface area contributed by atoms with Gasteiger partial charge in [0.15, 0.2) is 5.78 Å². The molecule has 3 nitrogen and oxygen atoms in total. The van der Waals surface area contributed by atoms with E-state index in [2.05, 4.69) is 116 Å². The van der Waals surface area contributed by atoms with Crippen LogP contribution in [0.25, 0.3) is 11.1 Å². The fraction of sp³-hybridized carbons (Fsp3) is 0.543. The predicted octanol–water partition coefficient (Wildman–Crippen LogP) is 11.4. The van der Waals surface area contributed by atoms with Gasteiger partial charge in [0.1, 0.15) is 11.6 Å². The predicted molar refractivity (Wildman–Crippen MR) is 205 cm³/mol. The lowest BCUT2D eigenvalue weighted by Crippen LogP contribution is -2.35. The zero-order valence-corrected chi connectivity index (χ0v) is 32.0. The van der Waals surface area contributed by atoms with Crippen LogP contribution >= 0.6 is 0 Å². The van der Waals surface area contributed by atoms with E-state index in [0.29, 0.717) is 23.7 Å². The summed E-state index contributed by atoms with van der Waals surface area (Å²) in [5.74, 6) is 1.24. The van der Waals surface area contributed by atoms with Crippen LogP contribution < -0.4 is 0 Å². The van der Waals surface area contributed by atoms with Crippen LogP contribution in [0.1, 0.15) is 132 Å². The molecular formula is C46H62O3. The van der Waals surface area contributed by atoms with Crippen LogP contribution in [0.3, 0.4) is 0 Å². The zero-order valence-electron chi connectivity index (χ0n) is 32.0. The molecule has 4 atom stereocenters.